The molecule has 0 aromatic heterocycles. The molecule has 2 saturated heterocycles. The summed E-state index contributed by atoms with van der Waals surface area (Å²) in [6.07, 6.45) is -0.410. The topological polar surface area (TPSA) is 76.2 Å². The number of hydrogen-bond donors (Lipinski definition) is 0. The molecule has 27 heavy (non-hydrogen) atoms. The van der Waals surface area contributed by atoms with Crippen molar-refractivity contribution < 1.29 is 23.9 Å². The van der Waals surface area contributed by atoms with Crippen molar-refractivity contribution in [2.24, 2.45) is 5.92 Å². The van der Waals surface area contributed by atoms with Crippen LogP contribution in [0.15, 0.2) is 30.3 Å². The summed E-state index contributed by atoms with van der Waals surface area (Å²) in [5.74, 6) is -0.209. The number of nitrogens with zero attached hydrogens (tertiary/aromatic N) is 2. The molecule has 0 saturated carbocycles. The molecule has 0 spiro atoms. The molecule has 2 fully saturated rings. The van der Waals surface area contributed by atoms with E-state index in [1.165, 1.54) is 4.90 Å². The highest BCUT2D eigenvalue weighted by atomic mass is 16.6. The Bertz CT molecular complexity index is 713. The minimum Gasteiger partial charge on any atom is -0.445 e. The molecular formula is C20H26N2O5. The molecule has 1 aromatic rings. The summed E-state index contributed by atoms with van der Waals surface area (Å²) in [6, 6.07) is 9.09. The molecule has 2 aliphatic heterocycles. The number of hydrogen-bond acceptors (Lipinski definition) is 5. The molecular weight excluding hydrogens is 348 g/mol. The number of piperidine rings is 1. The number of likely N-dealkylation sites (tertiary alicyclic amines) is 2. The van der Waals surface area contributed by atoms with Crippen LogP contribution in [0, 0.1) is 5.92 Å². The van der Waals surface area contributed by atoms with Crippen molar-refractivity contribution in [1.82, 2.24) is 9.80 Å². The van der Waals surface area contributed by atoms with Crippen LogP contribution in [0.2, 0.25) is 0 Å². The maximum Gasteiger partial charge on any atom is 0.411 e. The van der Waals surface area contributed by atoms with Crippen LogP contribution in [-0.4, -0.2) is 59.0 Å². The molecule has 0 N–H and O–H groups in total. The van der Waals surface area contributed by atoms with Crippen LogP contribution in [0.5, 0.6) is 0 Å². The Kier molecular flexibility index (Phi) is 5.39. The fourth-order valence-electron chi connectivity index (χ4n) is 3.52. The summed E-state index contributed by atoms with van der Waals surface area (Å²) in [5, 5.41) is 0. The van der Waals surface area contributed by atoms with E-state index < -0.39 is 17.8 Å². The Labute approximate surface area is 159 Å². The van der Waals surface area contributed by atoms with Crippen molar-refractivity contribution in [1.29, 1.82) is 0 Å². The summed E-state index contributed by atoms with van der Waals surface area (Å²) in [4.78, 5) is 40.2. The number of ketones is 1. The minimum absolute atomic E-state index is 0.0307. The van der Waals surface area contributed by atoms with Gasteiger partial charge in [-0.1, -0.05) is 30.3 Å². The van der Waals surface area contributed by atoms with Gasteiger partial charge in [-0.2, -0.15) is 0 Å². The molecule has 0 aliphatic carbocycles. The van der Waals surface area contributed by atoms with Gasteiger partial charge in [0.2, 0.25) is 0 Å². The molecule has 2 aliphatic rings. The highest BCUT2D eigenvalue weighted by Gasteiger charge is 2.48. The van der Waals surface area contributed by atoms with Gasteiger partial charge in [0.1, 0.15) is 12.2 Å². The van der Waals surface area contributed by atoms with Crippen LogP contribution < -0.4 is 0 Å². The first-order valence-electron chi connectivity index (χ1n) is 9.22. The van der Waals surface area contributed by atoms with E-state index in [4.69, 9.17) is 9.47 Å². The predicted octanol–water partition coefficient (Wildman–Crippen LogP) is 2.83. The highest BCUT2D eigenvalue weighted by Crippen LogP contribution is 2.31. The van der Waals surface area contributed by atoms with Crippen LogP contribution in [0.4, 0.5) is 9.59 Å². The fourth-order valence-corrected chi connectivity index (χ4v) is 3.52. The van der Waals surface area contributed by atoms with Crippen molar-refractivity contribution in [3.05, 3.63) is 35.9 Å². The lowest BCUT2D eigenvalue weighted by atomic mass is 9.91. The van der Waals surface area contributed by atoms with Gasteiger partial charge in [0.25, 0.3) is 0 Å². The van der Waals surface area contributed by atoms with Crippen molar-refractivity contribution in [3.8, 4) is 0 Å². The van der Waals surface area contributed by atoms with Crippen LogP contribution in [0.1, 0.15) is 32.8 Å². The Morgan fingerprint density at radius 2 is 1.85 bits per heavy atom. The molecule has 2 atom stereocenters. The standard InChI is InChI=1S/C20H26N2O5/c1-20(2,3)27-19(25)22-12-17(23)15-9-10-21(11-16(15)22)18(24)26-13-14-7-5-4-6-8-14/h4-8,15-16H,9-13H2,1-3H3/t15-,16+/m1/s1. The Morgan fingerprint density at radius 1 is 1.15 bits per heavy atom. The minimum atomic E-state index is -0.638. The van der Waals surface area contributed by atoms with E-state index in [0.29, 0.717) is 13.0 Å². The zero-order valence-corrected chi connectivity index (χ0v) is 16.0. The second-order valence-electron chi connectivity index (χ2n) is 8.02. The van der Waals surface area contributed by atoms with Gasteiger partial charge in [-0.25, -0.2) is 9.59 Å². The number of carbonyl (C=O) groups excluding carboxylic acids is 3. The number of Topliss-reactive ketones (excluding diaryl/α,β-unsaturated/α-hetero) is 1. The molecule has 3 rings (SSSR count). The normalized spacial score (nSPS) is 22.4. The van der Waals surface area contributed by atoms with Crippen LogP contribution >= 0.6 is 0 Å². The quantitative estimate of drug-likeness (QED) is 0.796. The van der Waals surface area contributed by atoms with Crippen LogP contribution in [-0.2, 0) is 20.9 Å². The van der Waals surface area contributed by atoms with Crippen molar-refractivity contribution in [2.45, 2.75) is 45.4 Å². The maximum atomic E-state index is 12.5. The van der Waals surface area contributed by atoms with Crippen LogP contribution in [0.3, 0.4) is 0 Å². The Morgan fingerprint density at radius 3 is 2.52 bits per heavy atom. The molecule has 2 heterocycles. The second kappa shape index (κ2) is 7.58. The van der Waals surface area contributed by atoms with Gasteiger partial charge < -0.3 is 14.4 Å². The fraction of sp³-hybridized carbons (Fsp3) is 0.550. The van der Waals surface area contributed by atoms with E-state index in [1.54, 1.807) is 25.7 Å². The maximum absolute atomic E-state index is 12.5. The van der Waals surface area contributed by atoms with Gasteiger partial charge in [0.05, 0.1) is 12.6 Å². The molecule has 2 amide bonds. The van der Waals surface area contributed by atoms with Gasteiger partial charge in [0.15, 0.2) is 5.78 Å². The smallest absolute Gasteiger partial charge is 0.411 e. The third kappa shape index (κ3) is 4.59. The molecule has 7 nitrogen and oxygen atoms in total. The van der Waals surface area contributed by atoms with Crippen LogP contribution in [0.25, 0.3) is 0 Å². The van der Waals surface area contributed by atoms with Crippen molar-refractivity contribution >= 4 is 18.0 Å². The number of ether oxygens (including phenoxy) is 2. The average molecular weight is 374 g/mol. The van der Waals surface area contributed by atoms with E-state index >= 15 is 0 Å². The Balaban J connectivity index is 1.62. The summed E-state index contributed by atoms with van der Waals surface area (Å²) in [6.45, 7) is 6.32. The monoisotopic (exact) mass is 374 g/mol. The first kappa shape index (κ1) is 19.2. The lowest BCUT2D eigenvalue weighted by Gasteiger charge is -2.37. The van der Waals surface area contributed by atoms with Gasteiger partial charge in [-0.15, -0.1) is 0 Å². The molecule has 0 bridgehead atoms. The zero-order chi connectivity index (χ0) is 19.6. The molecule has 0 radical (unpaired) electrons. The molecule has 1 aromatic carbocycles. The average Bonchev–Trinajstić information content (AvgIpc) is 2.95. The van der Waals surface area contributed by atoms with E-state index in [-0.39, 0.29) is 37.4 Å². The number of carbonyl (C=O) groups is 3. The largest absolute Gasteiger partial charge is 0.445 e. The van der Waals surface area contributed by atoms with E-state index in [1.807, 2.05) is 30.3 Å². The number of benzene rings is 1. The number of amides is 2. The van der Waals surface area contributed by atoms with Gasteiger partial charge in [-0.3, -0.25) is 9.69 Å². The Hall–Kier alpha value is -2.57. The van der Waals surface area contributed by atoms with E-state index in [9.17, 15) is 14.4 Å². The summed E-state index contributed by atoms with van der Waals surface area (Å²) >= 11 is 0. The number of fused-ring (bicyclic) bond motifs is 1. The summed E-state index contributed by atoms with van der Waals surface area (Å²) in [7, 11) is 0. The van der Waals surface area contributed by atoms with Crippen molar-refractivity contribution in [2.75, 3.05) is 19.6 Å². The summed E-state index contributed by atoms with van der Waals surface area (Å²) < 4.78 is 10.8. The van der Waals surface area contributed by atoms with Gasteiger partial charge in [-0.05, 0) is 32.8 Å². The molecule has 146 valence electrons. The second-order valence-corrected chi connectivity index (χ2v) is 8.02. The van der Waals surface area contributed by atoms with Gasteiger partial charge >= 0.3 is 12.2 Å². The zero-order valence-electron chi connectivity index (χ0n) is 16.0. The predicted molar refractivity (Wildman–Crippen MR) is 98.0 cm³/mol. The van der Waals surface area contributed by atoms with Crippen molar-refractivity contribution in [3.63, 3.8) is 0 Å². The highest BCUT2D eigenvalue weighted by molar-refractivity contribution is 5.90. The van der Waals surface area contributed by atoms with Gasteiger partial charge in [0, 0.05) is 19.0 Å². The third-order valence-electron chi connectivity index (χ3n) is 4.81. The van der Waals surface area contributed by atoms with E-state index in [0.717, 1.165) is 5.56 Å². The lowest BCUT2D eigenvalue weighted by molar-refractivity contribution is -0.120. The third-order valence-corrected chi connectivity index (χ3v) is 4.81. The summed E-state index contributed by atoms with van der Waals surface area (Å²) in [5.41, 5.74) is 0.272. The van der Waals surface area contributed by atoms with E-state index in [2.05, 4.69) is 0 Å². The first-order chi connectivity index (χ1) is 12.7. The molecule has 7 heteroatoms. The first-order valence-corrected chi connectivity index (χ1v) is 9.22. The number of rotatable bonds is 2. The molecule has 0 unspecified atom stereocenters. The SMILES string of the molecule is CC(C)(C)OC(=O)N1CC(=O)[C@@H]2CCN(C(=O)OCc3ccccc3)C[C@@H]21. The lowest BCUT2D eigenvalue weighted by Crippen LogP contribution is -2.52.